The number of nitrogens with zero attached hydrogens (tertiary/aromatic N) is 3. The molecule has 0 bridgehead atoms. The monoisotopic (exact) mass is 280 g/mol. The largest absolute Gasteiger partial charge is 0.339 e. The molecule has 20 heavy (non-hydrogen) atoms. The standard InChI is InChI=1S/C15H28N4O/c1-4-8-19(10-13-6-5-7-16-9-13)11-14-17-15(12(2)3)20-18-14/h12-13,16H,4-11H2,1-3H3. The third-order valence-corrected chi connectivity index (χ3v) is 3.80. The van der Waals surface area contributed by atoms with Crippen molar-refractivity contribution >= 4 is 0 Å². The lowest BCUT2D eigenvalue weighted by atomic mass is 9.99. The van der Waals surface area contributed by atoms with Crippen molar-refractivity contribution in [2.75, 3.05) is 26.2 Å². The van der Waals surface area contributed by atoms with Gasteiger partial charge in [-0.3, -0.25) is 4.90 Å². The molecule has 0 radical (unpaired) electrons. The highest BCUT2D eigenvalue weighted by molar-refractivity contribution is 4.91. The fraction of sp³-hybridized carbons (Fsp3) is 0.867. The van der Waals surface area contributed by atoms with Crippen LogP contribution in [0.1, 0.15) is 57.7 Å². The van der Waals surface area contributed by atoms with Crippen molar-refractivity contribution in [2.45, 2.75) is 52.5 Å². The molecule has 1 aliphatic rings. The second kappa shape index (κ2) is 7.74. The summed E-state index contributed by atoms with van der Waals surface area (Å²) in [4.78, 5) is 6.95. The zero-order chi connectivity index (χ0) is 14.4. The third-order valence-electron chi connectivity index (χ3n) is 3.80. The lowest BCUT2D eigenvalue weighted by molar-refractivity contribution is 0.195. The number of hydrogen-bond acceptors (Lipinski definition) is 5. The van der Waals surface area contributed by atoms with Crippen molar-refractivity contribution in [3.05, 3.63) is 11.7 Å². The minimum Gasteiger partial charge on any atom is -0.339 e. The van der Waals surface area contributed by atoms with Crippen LogP contribution in [0.25, 0.3) is 0 Å². The lowest BCUT2D eigenvalue weighted by Gasteiger charge is -2.29. The summed E-state index contributed by atoms with van der Waals surface area (Å²) in [7, 11) is 0. The zero-order valence-electron chi connectivity index (χ0n) is 13.1. The summed E-state index contributed by atoms with van der Waals surface area (Å²) in [5.41, 5.74) is 0. The molecule has 0 spiro atoms. The Morgan fingerprint density at radius 3 is 2.90 bits per heavy atom. The van der Waals surface area contributed by atoms with Crippen LogP contribution < -0.4 is 5.32 Å². The number of piperidine rings is 1. The molecule has 1 saturated heterocycles. The van der Waals surface area contributed by atoms with E-state index in [9.17, 15) is 0 Å². The van der Waals surface area contributed by atoms with E-state index in [1.165, 1.54) is 19.4 Å². The summed E-state index contributed by atoms with van der Waals surface area (Å²) >= 11 is 0. The van der Waals surface area contributed by atoms with Crippen molar-refractivity contribution < 1.29 is 4.52 Å². The highest BCUT2D eigenvalue weighted by Gasteiger charge is 2.19. The van der Waals surface area contributed by atoms with E-state index in [0.717, 1.165) is 50.2 Å². The van der Waals surface area contributed by atoms with E-state index in [1.807, 2.05) is 0 Å². The minimum atomic E-state index is 0.304. The van der Waals surface area contributed by atoms with Gasteiger partial charge in [-0.1, -0.05) is 25.9 Å². The molecule has 114 valence electrons. The summed E-state index contributed by atoms with van der Waals surface area (Å²) in [6, 6.07) is 0. The molecule has 5 heteroatoms. The van der Waals surface area contributed by atoms with Gasteiger partial charge in [-0.2, -0.15) is 4.98 Å². The molecule has 2 rings (SSSR count). The normalized spacial score (nSPS) is 19.9. The topological polar surface area (TPSA) is 54.2 Å². The number of rotatable bonds is 7. The van der Waals surface area contributed by atoms with Gasteiger partial charge in [0.05, 0.1) is 6.54 Å². The Bertz CT molecular complexity index is 385. The van der Waals surface area contributed by atoms with Gasteiger partial charge in [0.25, 0.3) is 0 Å². The molecule has 1 fully saturated rings. The van der Waals surface area contributed by atoms with E-state index in [2.05, 4.69) is 41.1 Å². The molecule has 1 aliphatic heterocycles. The van der Waals surface area contributed by atoms with E-state index < -0.39 is 0 Å². The first-order chi connectivity index (χ1) is 9.69. The van der Waals surface area contributed by atoms with Crippen LogP contribution in [0.5, 0.6) is 0 Å². The van der Waals surface area contributed by atoms with Gasteiger partial charge >= 0.3 is 0 Å². The molecule has 1 aromatic rings. The van der Waals surface area contributed by atoms with Gasteiger partial charge in [0.2, 0.25) is 5.89 Å². The fourth-order valence-electron chi connectivity index (χ4n) is 2.76. The molecule has 2 heterocycles. The molecule has 1 unspecified atom stereocenters. The number of aromatic nitrogens is 2. The Labute approximate surface area is 122 Å². The van der Waals surface area contributed by atoms with Crippen LogP contribution in [0, 0.1) is 5.92 Å². The molecule has 0 amide bonds. The van der Waals surface area contributed by atoms with E-state index >= 15 is 0 Å². The van der Waals surface area contributed by atoms with Crippen LogP contribution >= 0.6 is 0 Å². The van der Waals surface area contributed by atoms with E-state index in [4.69, 9.17) is 4.52 Å². The van der Waals surface area contributed by atoms with E-state index in [-0.39, 0.29) is 0 Å². The van der Waals surface area contributed by atoms with Crippen molar-refractivity contribution in [1.29, 1.82) is 0 Å². The average Bonchev–Trinajstić information content (AvgIpc) is 2.89. The zero-order valence-corrected chi connectivity index (χ0v) is 13.1. The van der Waals surface area contributed by atoms with E-state index in [0.29, 0.717) is 5.92 Å². The summed E-state index contributed by atoms with van der Waals surface area (Å²) in [5.74, 6) is 2.63. The van der Waals surface area contributed by atoms with Crippen LogP contribution in [0.2, 0.25) is 0 Å². The summed E-state index contributed by atoms with van der Waals surface area (Å²) in [6.07, 6.45) is 3.79. The Morgan fingerprint density at radius 1 is 1.45 bits per heavy atom. The molecule has 5 nitrogen and oxygen atoms in total. The van der Waals surface area contributed by atoms with Crippen LogP contribution in [-0.4, -0.2) is 41.2 Å². The Hall–Kier alpha value is -0.940. The van der Waals surface area contributed by atoms with Crippen LogP contribution in [-0.2, 0) is 6.54 Å². The molecule has 1 atom stereocenters. The van der Waals surface area contributed by atoms with Gasteiger partial charge in [-0.05, 0) is 44.8 Å². The number of nitrogens with one attached hydrogen (secondary N) is 1. The minimum absolute atomic E-state index is 0.304. The first kappa shape index (κ1) is 15.4. The van der Waals surface area contributed by atoms with E-state index in [1.54, 1.807) is 0 Å². The van der Waals surface area contributed by atoms with Crippen molar-refractivity contribution in [2.24, 2.45) is 5.92 Å². The van der Waals surface area contributed by atoms with Crippen LogP contribution in [0.15, 0.2) is 4.52 Å². The van der Waals surface area contributed by atoms with Gasteiger partial charge in [0, 0.05) is 12.5 Å². The average molecular weight is 280 g/mol. The Kier molecular flexibility index (Phi) is 5.98. The summed E-state index contributed by atoms with van der Waals surface area (Å²) in [5, 5.41) is 7.60. The highest BCUT2D eigenvalue weighted by atomic mass is 16.5. The summed E-state index contributed by atoms with van der Waals surface area (Å²) < 4.78 is 5.29. The number of hydrogen-bond donors (Lipinski definition) is 1. The fourth-order valence-corrected chi connectivity index (χ4v) is 2.76. The quantitative estimate of drug-likeness (QED) is 0.831. The molecule has 1 aromatic heterocycles. The molecular formula is C15H28N4O. The predicted octanol–water partition coefficient (Wildman–Crippen LogP) is 2.40. The lowest BCUT2D eigenvalue weighted by Crippen LogP contribution is -2.38. The maximum atomic E-state index is 5.29. The van der Waals surface area contributed by atoms with Crippen molar-refractivity contribution in [3.8, 4) is 0 Å². The van der Waals surface area contributed by atoms with Crippen LogP contribution in [0.3, 0.4) is 0 Å². The third kappa shape index (κ3) is 4.56. The van der Waals surface area contributed by atoms with Crippen LogP contribution in [0.4, 0.5) is 0 Å². The maximum absolute atomic E-state index is 5.29. The first-order valence-electron chi connectivity index (χ1n) is 7.94. The molecule has 1 N–H and O–H groups in total. The first-order valence-corrected chi connectivity index (χ1v) is 7.94. The maximum Gasteiger partial charge on any atom is 0.229 e. The Morgan fingerprint density at radius 2 is 2.30 bits per heavy atom. The van der Waals surface area contributed by atoms with Gasteiger partial charge in [-0.25, -0.2) is 0 Å². The summed E-state index contributed by atoms with van der Waals surface area (Å²) in [6.45, 7) is 11.7. The molecule has 0 aliphatic carbocycles. The molecule has 0 saturated carbocycles. The van der Waals surface area contributed by atoms with Crippen molar-refractivity contribution in [1.82, 2.24) is 20.4 Å². The molecule has 0 aromatic carbocycles. The van der Waals surface area contributed by atoms with Gasteiger partial charge in [-0.15, -0.1) is 0 Å². The smallest absolute Gasteiger partial charge is 0.229 e. The molecular weight excluding hydrogens is 252 g/mol. The predicted molar refractivity (Wildman–Crippen MR) is 79.5 cm³/mol. The van der Waals surface area contributed by atoms with Crippen molar-refractivity contribution in [3.63, 3.8) is 0 Å². The second-order valence-electron chi connectivity index (χ2n) is 6.15. The highest BCUT2D eigenvalue weighted by Crippen LogP contribution is 2.15. The van der Waals surface area contributed by atoms with Gasteiger partial charge in [0.15, 0.2) is 5.82 Å². The Balaban J connectivity index is 1.89. The van der Waals surface area contributed by atoms with Gasteiger partial charge < -0.3 is 9.84 Å². The second-order valence-corrected chi connectivity index (χ2v) is 6.15. The SMILES string of the molecule is CCCN(Cc1noc(C(C)C)n1)CC1CCCNC1. The van der Waals surface area contributed by atoms with Gasteiger partial charge in [0.1, 0.15) is 0 Å².